The number of hydrogen-bond donors (Lipinski definition) is 0. The summed E-state index contributed by atoms with van der Waals surface area (Å²) in [6, 6.07) is 0. The van der Waals surface area contributed by atoms with Crippen molar-refractivity contribution in [3.63, 3.8) is 0 Å². The van der Waals surface area contributed by atoms with Crippen LogP contribution in [-0.4, -0.2) is 24.8 Å². The summed E-state index contributed by atoms with van der Waals surface area (Å²) >= 11 is 0. The molecule has 0 unspecified atom stereocenters. The molecule has 0 amide bonds. The molecule has 2 aliphatic rings. The number of ether oxygens (including phenoxy) is 2. The first-order valence-electron chi connectivity index (χ1n) is 4.35. The third kappa shape index (κ3) is 6.28. The van der Waals surface area contributed by atoms with E-state index in [1.54, 1.807) is 0 Å². The molecule has 0 spiro atoms. The average Bonchev–Trinajstić information content (AvgIpc) is 2.83. The van der Waals surface area contributed by atoms with Gasteiger partial charge in [0.2, 0.25) is 0 Å². The first kappa shape index (κ1) is 16.6. The average molecular weight is 216 g/mol. The van der Waals surface area contributed by atoms with E-state index in [2.05, 4.69) is 25.2 Å². The van der Waals surface area contributed by atoms with Crippen molar-refractivity contribution in [3.8, 4) is 0 Å². The van der Waals surface area contributed by atoms with Crippen molar-refractivity contribution in [1.29, 1.82) is 0 Å². The second-order valence-corrected chi connectivity index (χ2v) is 4.51. The zero-order chi connectivity index (χ0) is 11.4. The molecule has 0 aromatic carbocycles. The summed E-state index contributed by atoms with van der Waals surface area (Å²) in [7, 11) is 0. The van der Waals surface area contributed by atoms with Gasteiger partial charge in [0.25, 0.3) is 0 Å². The minimum atomic E-state index is -0.181. The van der Waals surface area contributed by atoms with Crippen LogP contribution in [0.3, 0.4) is 0 Å². The number of carbonyl (C=O) groups is 1. The van der Waals surface area contributed by atoms with Gasteiger partial charge in [-0.3, -0.25) is 4.79 Å². The van der Waals surface area contributed by atoms with Crippen LogP contribution in [0.1, 0.15) is 35.1 Å². The molecule has 0 bridgehead atoms. The molecule has 2 rings (SSSR count). The SMILES string of the molecule is C.CC1(C)CO1.CC1(C)COC1=O.[C-]#[O+]. The molecular formula is C11H20O4. The van der Waals surface area contributed by atoms with Crippen molar-refractivity contribution < 1.29 is 18.9 Å². The zero-order valence-electron chi connectivity index (χ0n) is 9.05. The van der Waals surface area contributed by atoms with E-state index in [-0.39, 0.29) is 24.4 Å². The van der Waals surface area contributed by atoms with Crippen LogP contribution in [0.4, 0.5) is 0 Å². The molecule has 88 valence electrons. The molecule has 15 heavy (non-hydrogen) atoms. The monoisotopic (exact) mass is 216 g/mol. The Morgan fingerprint density at radius 2 is 1.47 bits per heavy atom. The van der Waals surface area contributed by atoms with Crippen LogP contribution >= 0.6 is 0 Å². The number of esters is 1. The molecule has 0 N–H and O–H groups in total. The standard InChI is InChI=1S/C5H8O2.C4H8O.CO.CH4/c1-5(2)3-7-4(5)6;1-4(2)3-5-4;1-2;/h3H2,1-2H3;3H2,1-2H3;;1H4. The van der Waals surface area contributed by atoms with Crippen molar-refractivity contribution in [2.24, 2.45) is 5.41 Å². The third-order valence-corrected chi connectivity index (χ3v) is 1.84. The van der Waals surface area contributed by atoms with Crippen molar-refractivity contribution in [2.75, 3.05) is 13.2 Å². The van der Waals surface area contributed by atoms with Crippen LogP contribution in [-0.2, 0) is 18.9 Å². The number of carbonyl (C=O) groups excluding carboxylic acids is 1. The summed E-state index contributed by atoms with van der Waals surface area (Å²) in [6.45, 7) is 13.9. The van der Waals surface area contributed by atoms with Crippen LogP contribution in [0.15, 0.2) is 0 Å². The predicted octanol–water partition coefficient (Wildman–Crippen LogP) is 1.96. The second-order valence-electron chi connectivity index (χ2n) is 4.51. The van der Waals surface area contributed by atoms with Gasteiger partial charge in [0.05, 0.1) is 17.6 Å². The zero-order valence-corrected chi connectivity index (χ0v) is 9.05. The summed E-state index contributed by atoms with van der Waals surface area (Å²) in [4.78, 5) is 10.3. The molecule has 2 aliphatic heterocycles. The number of cyclic esters (lactones) is 1. The maximum absolute atomic E-state index is 10.3. The molecule has 4 heteroatoms. The van der Waals surface area contributed by atoms with Gasteiger partial charge in [-0.15, -0.1) is 0 Å². The summed E-state index contributed by atoms with van der Waals surface area (Å²) < 4.78 is 16.9. The van der Waals surface area contributed by atoms with Crippen molar-refractivity contribution in [2.45, 2.75) is 40.7 Å². The van der Waals surface area contributed by atoms with E-state index in [1.165, 1.54) is 0 Å². The van der Waals surface area contributed by atoms with Crippen LogP contribution in [0, 0.1) is 12.1 Å². The molecular weight excluding hydrogens is 196 g/mol. The van der Waals surface area contributed by atoms with Gasteiger partial charge >= 0.3 is 17.3 Å². The van der Waals surface area contributed by atoms with Crippen LogP contribution < -0.4 is 0 Å². The predicted molar refractivity (Wildman–Crippen MR) is 55.4 cm³/mol. The van der Waals surface area contributed by atoms with Crippen molar-refractivity contribution >= 4 is 5.97 Å². The molecule has 0 saturated carbocycles. The van der Waals surface area contributed by atoms with Crippen molar-refractivity contribution in [1.82, 2.24) is 0 Å². The Kier molecular flexibility index (Phi) is 6.54. The molecule has 0 radical (unpaired) electrons. The Hall–Kier alpha value is -0.830. The number of rotatable bonds is 0. The van der Waals surface area contributed by atoms with Gasteiger partial charge in [-0.25, -0.2) is 0 Å². The van der Waals surface area contributed by atoms with Crippen LogP contribution in [0.5, 0.6) is 0 Å². The van der Waals surface area contributed by atoms with Gasteiger partial charge in [-0.2, -0.15) is 0 Å². The van der Waals surface area contributed by atoms with E-state index in [0.717, 1.165) is 6.61 Å². The number of hydrogen-bond acceptors (Lipinski definition) is 3. The molecule has 2 heterocycles. The Balaban J connectivity index is 0. The first-order chi connectivity index (χ1) is 6.33. The Labute approximate surface area is 91.7 Å². The summed E-state index contributed by atoms with van der Waals surface area (Å²) in [5, 5.41) is 0. The van der Waals surface area contributed by atoms with E-state index in [9.17, 15) is 4.79 Å². The fraction of sp³-hybridized carbons (Fsp3) is 0.818. The molecule has 0 aliphatic carbocycles. The summed E-state index contributed by atoms with van der Waals surface area (Å²) in [5.74, 6) is -0.0764. The first-order valence-corrected chi connectivity index (χ1v) is 4.35. The van der Waals surface area contributed by atoms with Crippen LogP contribution in [0.25, 0.3) is 0 Å². The Morgan fingerprint density at radius 1 is 1.20 bits per heavy atom. The maximum atomic E-state index is 10.3. The summed E-state index contributed by atoms with van der Waals surface area (Å²) in [5.41, 5.74) is 0.0694. The normalized spacial score (nSPS) is 22.1. The third-order valence-electron chi connectivity index (χ3n) is 1.84. The van der Waals surface area contributed by atoms with Crippen molar-refractivity contribution in [3.05, 3.63) is 6.65 Å². The van der Waals surface area contributed by atoms with Gasteiger partial charge < -0.3 is 9.47 Å². The topological polar surface area (TPSA) is 58.7 Å². The van der Waals surface area contributed by atoms with Crippen LogP contribution in [0.2, 0.25) is 0 Å². The molecule has 0 atom stereocenters. The molecule has 2 saturated heterocycles. The van der Waals surface area contributed by atoms with E-state index in [4.69, 9.17) is 9.39 Å². The second kappa shape index (κ2) is 5.91. The van der Waals surface area contributed by atoms with Gasteiger partial charge in [0, 0.05) is 0 Å². The Bertz CT molecular complexity index is 222. The molecule has 2 fully saturated rings. The Morgan fingerprint density at radius 3 is 1.47 bits per heavy atom. The fourth-order valence-corrected chi connectivity index (χ4v) is 0.564. The van der Waals surface area contributed by atoms with E-state index < -0.39 is 0 Å². The summed E-state index contributed by atoms with van der Waals surface area (Å²) in [6.07, 6.45) is 0. The van der Waals surface area contributed by atoms with Gasteiger partial charge in [-0.1, -0.05) is 7.43 Å². The van der Waals surface area contributed by atoms with Gasteiger partial charge in [-0.05, 0) is 27.7 Å². The van der Waals surface area contributed by atoms with E-state index in [0.29, 0.717) is 6.61 Å². The minimum absolute atomic E-state index is 0. The van der Waals surface area contributed by atoms with Gasteiger partial charge in [0.1, 0.15) is 6.61 Å². The molecule has 0 aromatic heterocycles. The fourth-order valence-electron chi connectivity index (χ4n) is 0.564. The molecule has 0 aromatic rings. The van der Waals surface area contributed by atoms with E-state index in [1.807, 2.05) is 13.8 Å². The van der Waals surface area contributed by atoms with E-state index >= 15 is 0 Å². The molecule has 4 nitrogen and oxygen atoms in total. The van der Waals surface area contributed by atoms with Gasteiger partial charge in [0.15, 0.2) is 0 Å². The quantitative estimate of drug-likeness (QED) is 0.269. The number of epoxide rings is 1.